The number of aromatic hydroxyl groups is 1. The van der Waals surface area contributed by atoms with Gasteiger partial charge < -0.3 is 15.5 Å². The number of phenolic OH excluding ortho intramolecular Hbond substituents is 1. The maximum Gasteiger partial charge on any atom is 0.418 e. The molecule has 0 spiro atoms. The van der Waals surface area contributed by atoms with Crippen LogP contribution in [0.4, 0.5) is 32.2 Å². The Hall–Kier alpha value is -2.27. The molecule has 2 rings (SSSR count). The van der Waals surface area contributed by atoms with Crippen molar-refractivity contribution >= 4 is 18.2 Å². The first kappa shape index (κ1) is 23.8. The van der Waals surface area contributed by atoms with Gasteiger partial charge in [0.1, 0.15) is 11.6 Å². The lowest BCUT2D eigenvalue weighted by atomic mass is 10.0. The highest BCUT2D eigenvalue weighted by atomic mass is 35.5. The van der Waals surface area contributed by atoms with Gasteiger partial charge in [-0.25, -0.2) is 0 Å². The number of alkyl halides is 6. The first-order valence-corrected chi connectivity index (χ1v) is 7.50. The van der Waals surface area contributed by atoms with Gasteiger partial charge in [-0.2, -0.15) is 26.3 Å². The van der Waals surface area contributed by atoms with Crippen LogP contribution in [0, 0.1) is 6.92 Å². The van der Waals surface area contributed by atoms with E-state index in [1.807, 2.05) is 0 Å². The van der Waals surface area contributed by atoms with Crippen LogP contribution in [0.15, 0.2) is 24.3 Å². The number of rotatable bonds is 4. The van der Waals surface area contributed by atoms with Crippen molar-refractivity contribution in [2.75, 3.05) is 11.9 Å². The zero-order valence-corrected chi connectivity index (χ0v) is 15.3. The van der Waals surface area contributed by atoms with Gasteiger partial charge in [0.05, 0.1) is 17.8 Å². The second-order valence-corrected chi connectivity index (χ2v) is 6.11. The molecular weight excluding hydrogens is 416 g/mol. The van der Waals surface area contributed by atoms with Crippen molar-refractivity contribution in [1.29, 1.82) is 0 Å². The smallest absolute Gasteiger partial charge is 0.418 e. The van der Waals surface area contributed by atoms with Gasteiger partial charge in [0, 0.05) is 5.56 Å². The molecule has 28 heavy (non-hydrogen) atoms. The molecule has 0 amide bonds. The van der Waals surface area contributed by atoms with Gasteiger partial charge in [0.25, 0.3) is 0 Å². The number of phenols is 1. The molecule has 3 N–H and O–H groups in total. The van der Waals surface area contributed by atoms with Crippen LogP contribution >= 0.6 is 12.4 Å². The second kappa shape index (κ2) is 8.00. The van der Waals surface area contributed by atoms with E-state index in [1.54, 1.807) is 0 Å². The van der Waals surface area contributed by atoms with Crippen LogP contribution in [0.3, 0.4) is 0 Å². The summed E-state index contributed by atoms with van der Waals surface area (Å²) in [7, 11) is 0. The summed E-state index contributed by atoms with van der Waals surface area (Å²) in [5, 5.41) is 28.9. The number of aromatic nitrogens is 2. The maximum atomic E-state index is 12.8. The largest absolute Gasteiger partial charge is 0.507 e. The third-order valence-corrected chi connectivity index (χ3v) is 3.79. The van der Waals surface area contributed by atoms with E-state index in [0.29, 0.717) is 13.0 Å². The predicted octanol–water partition coefficient (Wildman–Crippen LogP) is 4.32. The molecule has 12 heteroatoms. The Kier molecular flexibility index (Phi) is 6.79. The Bertz CT molecular complexity index is 800. The molecule has 0 aliphatic heterocycles. The first-order valence-electron chi connectivity index (χ1n) is 7.50. The van der Waals surface area contributed by atoms with Crippen molar-refractivity contribution in [1.82, 2.24) is 10.2 Å². The summed E-state index contributed by atoms with van der Waals surface area (Å²) in [6.45, 7) is 1.05. The van der Waals surface area contributed by atoms with E-state index in [-0.39, 0.29) is 35.0 Å². The number of halogens is 7. The molecule has 156 valence electrons. The van der Waals surface area contributed by atoms with Crippen molar-refractivity contribution in [3.8, 4) is 17.0 Å². The number of nitrogens with zero attached hydrogens (tertiary/aromatic N) is 2. The zero-order valence-electron chi connectivity index (χ0n) is 14.5. The van der Waals surface area contributed by atoms with Crippen LogP contribution in [0.1, 0.15) is 18.1 Å². The zero-order chi connectivity index (χ0) is 20.6. The van der Waals surface area contributed by atoms with Crippen LogP contribution in [-0.2, 0) is 6.18 Å². The Morgan fingerprint density at radius 2 is 1.64 bits per heavy atom. The Balaban J connectivity index is 0.00000392. The topological polar surface area (TPSA) is 78.3 Å². The maximum absolute atomic E-state index is 12.8. The van der Waals surface area contributed by atoms with E-state index in [4.69, 9.17) is 0 Å². The molecule has 1 aromatic heterocycles. The van der Waals surface area contributed by atoms with E-state index < -0.39 is 35.8 Å². The summed E-state index contributed by atoms with van der Waals surface area (Å²) in [5.41, 5.74) is -3.87. The van der Waals surface area contributed by atoms with Gasteiger partial charge in [-0.1, -0.05) is 0 Å². The van der Waals surface area contributed by atoms with Crippen LogP contribution in [-0.4, -0.2) is 38.7 Å². The molecule has 1 aromatic carbocycles. The predicted molar refractivity (Wildman–Crippen MR) is 91.3 cm³/mol. The van der Waals surface area contributed by atoms with Crippen LogP contribution in [0.5, 0.6) is 5.75 Å². The highest BCUT2D eigenvalue weighted by Crippen LogP contribution is 2.38. The minimum Gasteiger partial charge on any atom is -0.507 e. The fraction of sp³-hybridized carbons (Fsp3) is 0.375. The van der Waals surface area contributed by atoms with Gasteiger partial charge >= 0.3 is 12.4 Å². The minimum atomic E-state index is -4.85. The number of anilines is 1. The van der Waals surface area contributed by atoms with E-state index in [9.17, 15) is 36.6 Å². The van der Waals surface area contributed by atoms with E-state index in [2.05, 4.69) is 15.5 Å². The standard InChI is InChI=1S/C16H15F6N3O2.ClH/c1-8-5-9(15(17,18)19)6-11(26)13(8)10-3-4-12(25-24-10)23-7-14(2,27)16(20,21)22;/h3-6,26-27H,7H2,1-2H3,(H,23,25);1H. The van der Waals surface area contributed by atoms with Crippen molar-refractivity contribution < 1.29 is 36.6 Å². The van der Waals surface area contributed by atoms with Gasteiger partial charge in [0.15, 0.2) is 5.60 Å². The molecule has 0 fully saturated rings. The highest BCUT2D eigenvalue weighted by Gasteiger charge is 2.49. The first-order chi connectivity index (χ1) is 12.2. The summed E-state index contributed by atoms with van der Waals surface area (Å²) in [4.78, 5) is 0. The summed E-state index contributed by atoms with van der Waals surface area (Å²) < 4.78 is 76.0. The van der Waals surface area contributed by atoms with Gasteiger partial charge in [0.2, 0.25) is 0 Å². The quantitative estimate of drug-likeness (QED) is 0.628. The SMILES string of the molecule is Cc1cc(C(F)(F)F)cc(O)c1-c1ccc(NCC(C)(O)C(F)(F)F)nn1.Cl. The molecule has 0 saturated heterocycles. The van der Waals surface area contributed by atoms with Crippen molar-refractivity contribution in [3.05, 3.63) is 35.4 Å². The van der Waals surface area contributed by atoms with Crippen molar-refractivity contribution in [2.45, 2.75) is 31.8 Å². The summed E-state index contributed by atoms with van der Waals surface area (Å²) in [6.07, 6.45) is -9.48. The number of hydrogen-bond donors (Lipinski definition) is 3. The number of benzene rings is 1. The van der Waals surface area contributed by atoms with Gasteiger partial charge in [-0.05, 0) is 43.7 Å². The van der Waals surface area contributed by atoms with Crippen LogP contribution < -0.4 is 5.32 Å². The molecule has 0 saturated carbocycles. The van der Waals surface area contributed by atoms with E-state index in [0.717, 1.165) is 6.07 Å². The number of aliphatic hydroxyl groups is 1. The number of nitrogens with one attached hydrogen (secondary N) is 1. The molecule has 1 atom stereocenters. The normalized spacial score (nSPS) is 14.2. The Morgan fingerprint density at radius 1 is 1.04 bits per heavy atom. The molecule has 0 aliphatic rings. The summed E-state index contributed by atoms with van der Waals surface area (Å²) >= 11 is 0. The van der Waals surface area contributed by atoms with Gasteiger partial charge in [-0.15, -0.1) is 22.6 Å². The molecular formula is C16H16ClF6N3O2. The lowest BCUT2D eigenvalue weighted by Crippen LogP contribution is -2.47. The average Bonchev–Trinajstić information content (AvgIpc) is 2.51. The number of aryl methyl sites for hydroxylation is 1. The monoisotopic (exact) mass is 431 g/mol. The van der Waals surface area contributed by atoms with Crippen LogP contribution in [0.25, 0.3) is 11.3 Å². The molecule has 2 aromatic rings. The van der Waals surface area contributed by atoms with E-state index in [1.165, 1.54) is 19.1 Å². The van der Waals surface area contributed by atoms with Gasteiger partial charge in [-0.3, -0.25) is 0 Å². The molecule has 5 nitrogen and oxygen atoms in total. The van der Waals surface area contributed by atoms with E-state index >= 15 is 0 Å². The minimum absolute atomic E-state index is 0. The van der Waals surface area contributed by atoms with Crippen molar-refractivity contribution in [3.63, 3.8) is 0 Å². The fourth-order valence-electron chi connectivity index (χ4n) is 2.19. The van der Waals surface area contributed by atoms with Crippen LogP contribution in [0.2, 0.25) is 0 Å². The lowest BCUT2D eigenvalue weighted by molar-refractivity contribution is -0.246. The molecule has 0 radical (unpaired) electrons. The highest BCUT2D eigenvalue weighted by molar-refractivity contribution is 5.85. The Morgan fingerprint density at radius 3 is 2.07 bits per heavy atom. The Labute approximate surface area is 161 Å². The molecule has 0 bridgehead atoms. The second-order valence-electron chi connectivity index (χ2n) is 6.11. The molecule has 1 heterocycles. The lowest BCUT2D eigenvalue weighted by Gasteiger charge is -2.26. The third-order valence-electron chi connectivity index (χ3n) is 3.79. The summed E-state index contributed by atoms with van der Waals surface area (Å²) in [6, 6.07) is 3.89. The van der Waals surface area contributed by atoms with Crippen molar-refractivity contribution in [2.24, 2.45) is 0 Å². The molecule has 1 unspecified atom stereocenters. The third kappa shape index (κ3) is 5.16. The fourth-order valence-corrected chi connectivity index (χ4v) is 2.19. The summed E-state index contributed by atoms with van der Waals surface area (Å²) in [5.74, 6) is -0.746. The average molecular weight is 432 g/mol. The number of hydrogen-bond acceptors (Lipinski definition) is 5. The molecule has 0 aliphatic carbocycles.